The van der Waals surface area contributed by atoms with Crippen LogP contribution in [0.3, 0.4) is 0 Å². The topological polar surface area (TPSA) is 158 Å². The van der Waals surface area contributed by atoms with Gasteiger partial charge in [0.25, 0.3) is 11.8 Å². The van der Waals surface area contributed by atoms with Gasteiger partial charge >= 0.3 is 5.97 Å². The number of carboxylic acid groups (broad SMARTS) is 1. The predicted molar refractivity (Wildman–Crippen MR) is 94.7 cm³/mol. The SMILES string of the molecule is C=CC1=C(C(=O)O)N2C(=O)[C@@H](NC(=O)/C(=N/O)c3csc(N)n3)[C@@H]2SC1. The minimum atomic E-state index is -1.24. The van der Waals surface area contributed by atoms with Crippen molar-refractivity contribution >= 4 is 51.7 Å². The summed E-state index contributed by atoms with van der Waals surface area (Å²) in [5.74, 6) is -2.27. The number of anilines is 1. The summed E-state index contributed by atoms with van der Waals surface area (Å²) in [4.78, 5) is 41.2. The molecule has 1 aromatic rings. The van der Waals surface area contributed by atoms with Crippen LogP contribution in [-0.2, 0) is 14.4 Å². The van der Waals surface area contributed by atoms with Crippen molar-refractivity contribution in [1.29, 1.82) is 0 Å². The van der Waals surface area contributed by atoms with Crippen LogP contribution in [0.25, 0.3) is 0 Å². The first-order valence-corrected chi connectivity index (χ1v) is 9.09. The Kier molecular flexibility index (Phi) is 4.70. The van der Waals surface area contributed by atoms with Crippen LogP contribution in [0.5, 0.6) is 0 Å². The second-order valence-electron chi connectivity index (χ2n) is 5.26. The Bertz CT molecular complexity index is 877. The van der Waals surface area contributed by atoms with Gasteiger partial charge in [-0.05, 0) is 5.57 Å². The van der Waals surface area contributed by atoms with Crippen LogP contribution in [0.4, 0.5) is 5.13 Å². The monoisotopic (exact) mass is 395 g/mol. The number of rotatable bonds is 5. The Labute approximate surface area is 155 Å². The predicted octanol–water partition coefficient (Wildman–Crippen LogP) is -0.172. The summed E-state index contributed by atoms with van der Waals surface area (Å²) in [6.07, 6.45) is 1.40. The van der Waals surface area contributed by atoms with Crippen molar-refractivity contribution in [2.24, 2.45) is 5.16 Å². The third kappa shape index (κ3) is 2.82. The molecule has 0 radical (unpaired) electrons. The summed E-state index contributed by atoms with van der Waals surface area (Å²) in [6, 6.07) is -0.944. The second-order valence-corrected chi connectivity index (χ2v) is 7.26. The largest absolute Gasteiger partial charge is 0.477 e. The van der Waals surface area contributed by atoms with Gasteiger partial charge in [0.15, 0.2) is 10.8 Å². The fourth-order valence-corrected chi connectivity index (χ4v) is 4.51. The normalized spacial score (nSPS) is 22.5. The Hall–Kier alpha value is -2.86. The molecule has 3 heterocycles. The Balaban J connectivity index is 1.78. The van der Waals surface area contributed by atoms with Gasteiger partial charge in [0.1, 0.15) is 22.8 Å². The number of nitrogens with one attached hydrogen (secondary N) is 1. The first-order valence-electron chi connectivity index (χ1n) is 7.16. The van der Waals surface area contributed by atoms with Crippen molar-refractivity contribution in [3.8, 4) is 0 Å². The van der Waals surface area contributed by atoms with E-state index in [0.717, 1.165) is 16.2 Å². The highest BCUT2D eigenvalue weighted by atomic mass is 32.2. The molecule has 136 valence electrons. The molecule has 1 saturated heterocycles. The van der Waals surface area contributed by atoms with Crippen LogP contribution in [0, 0.1) is 0 Å². The fraction of sp³-hybridized carbons (Fsp3) is 0.214. The van der Waals surface area contributed by atoms with Crippen molar-refractivity contribution in [3.05, 3.63) is 35.0 Å². The van der Waals surface area contributed by atoms with Crippen molar-refractivity contribution in [1.82, 2.24) is 15.2 Å². The number of carbonyl (C=O) groups excluding carboxylic acids is 2. The van der Waals surface area contributed by atoms with Gasteiger partial charge in [-0.15, -0.1) is 23.1 Å². The molecule has 1 fully saturated rings. The summed E-state index contributed by atoms with van der Waals surface area (Å²) in [6.45, 7) is 3.56. The molecule has 0 bridgehead atoms. The molecule has 10 nitrogen and oxygen atoms in total. The van der Waals surface area contributed by atoms with Crippen LogP contribution >= 0.6 is 23.1 Å². The maximum atomic E-state index is 12.4. The highest BCUT2D eigenvalue weighted by molar-refractivity contribution is 8.00. The van der Waals surface area contributed by atoms with Crippen molar-refractivity contribution in [2.45, 2.75) is 11.4 Å². The van der Waals surface area contributed by atoms with Gasteiger partial charge in [0.05, 0.1) is 0 Å². The summed E-state index contributed by atoms with van der Waals surface area (Å²) in [5, 5.41) is 24.9. The summed E-state index contributed by atoms with van der Waals surface area (Å²) < 4.78 is 0. The number of β-lactam (4-membered cyclic amide) rings is 1. The van der Waals surface area contributed by atoms with E-state index in [2.05, 4.69) is 22.0 Å². The van der Waals surface area contributed by atoms with Gasteiger partial charge < -0.3 is 21.4 Å². The highest BCUT2D eigenvalue weighted by Gasteiger charge is 2.54. The lowest BCUT2D eigenvalue weighted by Crippen LogP contribution is -2.71. The molecule has 26 heavy (non-hydrogen) atoms. The molecular weight excluding hydrogens is 382 g/mol. The van der Waals surface area contributed by atoms with Crippen LogP contribution in [0.15, 0.2) is 34.5 Å². The molecule has 0 aromatic carbocycles. The molecular formula is C14H13N5O5S2. The van der Waals surface area contributed by atoms with E-state index >= 15 is 0 Å². The number of fused-ring (bicyclic) bond motifs is 1. The lowest BCUT2D eigenvalue weighted by atomic mass is 10.0. The molecule has 0 unspecified atom stereocenters. The molecule has 2 amide bonds. The molecule has 0 saturated carbocycles. The van der Waals surface area contributed by atoms with E-state index in [-0.39, 0.29) is 22.2 Å². The number of carboxylic acids is 1. The van der Waals surface area contributed by atoms with Crippen LogP contribution in [0.1, 0.15) is 5.69 Å². The van der Waals surface area contributed by atoms with Gasteiger partial charge in [0, 0.05) is 11.1 Å². The Morgan fingerprint density at radius 2 is 2.27 bits per heavy atom. The molecule has 2 atom stereocenters. The van der Waals surface area contributed by atoms with Gasteiger partial charge in [0.2, 0.25) is 0 Å². The molecule has 3 rings (SSSR count). The van der Waals surface area contributed by atoms with Gasteiger partial charge in [-0.25, -0.2) is 9.78 Å². The minimum absolute atomic E-state index is 0.0764. The number of aliphatic carboxylic acids is 1. The number of aromatic nitrogens is 1. The van der Waals surface area contributed by atoms with E-state index < -0.39 is 29.2 Å². The maximum Gasteiger partial charge on any atom is 0.352 e. The number of carbonyl (C=O) groups is 3. The first kappa shape index (κ1) is 17.9. The second kappa shape index (κ2) is 6.80. The van der Waals surface area contributed by atoms with E-state index in [1.165, 1.54) is 23.2 Å². The number of amides is 2. The van der Waals surface area contributed by atoms with Gasteiger partial charge in [-0.1, -0.05) is 17.8 Å². The zero-order valence-corrected chi connectivity index (χ0v) is 14.7. The Morgan fingerprint density at radius 1 is 1.54 bits per heavy atom. The van der Waals surface area contributed by atoms with E-state index in [9.17, 15) is 19.5 Å². The zero-order valence-electron chi connectivity index (χ0n) is 13.1. The number of thioether (sulfide) groups is 1. The average Bonchev–Trinajstić information content (AvgIpc) is 3.04. The average molecular weight is 395 g/mol. The number of allylic oxidation sites excluding steroid dienone is 1. The lowest BCUT2D eigenvalue weighted by molar-refractivity contribution is -0.150. The Morgan fingerprint density at radius 3 is 2.81 bits per heavy atom. The molecule has 0 aliphatic carbocycles. The number of nitrogens with zero attached hydrogens (tertiary/aromatic N) is 3. The standard InChI is InChI=1S/C14H13N5O5S2/c1-2-5-3-25-12-8(11(21)19(12)9(5)13(22)23)17-10(20)7(18-24)6-4-26-14(15)16-6/h2,4,8,12,24H,1,3H2,(H2,15,16)(H,17,20)(H,22,23)/b18-7+/t8-,12+/m1/s1. The third-order valence-electron chi connectivity index (χ3n) is 3.81. The number of nitrogen functional groups attached to an aromatic ring is 1. The molecule has 2 aliphatic heterocycles. The number of hydrogen-bond donors (Lipinski definition) is 4. The van der Waals surface area contributed by atoms with E-state index in [1.54, 1.807) is 0 Å². The smallest absolute Gasteiger partial charge is 0.352 e. The van der Waals surface area contributed by atoms with E-state index in [4.69, 9.17) is 10.9 Å². The first-order chi connectivity index (χ1) is 12.4. The quantitative estimate of drug-likeness (QED) is 0.231. The van der Waals surface area contributed by atoms with Crippen molar-refractivity contribution < 1.29 is 24.7 Å². The third-order valence-corrected chi connectivity index (χ3v) is 5.79. The summed E-state index contributed by atoms with van der Waals surface area (Å²) in [7, 11) is 0. The summed E-state index contributed by atoms with van der Waals surface area (Å²) in [5.41, 5.74) is 5.49. The van der Waals surface area contributed by atoms with E-state index in [0.29, 0.717) is 11.3 Å². The molecule has 1 aromatic heterocycles. The summed E-state index contributed by atoms with van der Waals surface area (Å²) >= 11 is 2.37. The van der Waals surface area contributed by atoms with Gasteiger partial charge in [-0.2, -0.15) is 0 Å². The molecule has 2 aliphatic rings. The lowest BCUT2D eigenvalue weighted by Gasteiger charge is -2.49. The fourth-order valence-electron chi connectivity index (χ4n) is 2.62. The van der Waals surface area contributed by atoms with Gasteiger partial charge in [-0.3, -0.25) is 14.5 Å². The molecule has 5 N–H and O–H groups in total. The van der Waals surface area contributed by atoms with Crippen molar-refractivity contribution in [2.75, 3.05) is 11.5 Å². The van der Waals surface area contributed by atoms with Crippen LogP contribution in [-0.4, -0.2) is 60.9 Å². The van der Waals surface area contributed by atoms with Crippen LogP contribution < -0.4 is 11.1 Å². The zero-order chi connectivity index (χ0) is 19.0. The highest BCUT2D eigenvalue weighted by Crippen LogP contribution is 2.40. The molecule has 12 heteroatoms. The van der Waals surface area contributed by atoms with E-state index in [1.807, 2.05) is 0 Å². The number of thiazole rings is 1. The number of oxime groups is 1. The van der Waals surface area contributed by atoms with Crippen molar-refractivity contribution in [3.63, 3.8) is 0 Å². The number of hydrogen-bond acceptors (Lipinski definition) is 9. The van der Waals surface area contributed by atoms with Crippen LogP contribution in [0.2, 0.25) is 0 Å². The minimum Gasteiger partial charge on any atom is -0.477 e. The molecule has 0 spiro atoms. The maximum absolute atomic E-state index is 12.4. The number of nitrogens with two attached hydrogens (primary N) is 1.